The van der Waals surface area contributed by atoms with Crippen LogP contribution in [0, 0.1) is 6.92 Å². The molecule has 0 saturated carbocycles. The zero-order valence-corrected chi connectivity index (χ0v) is 13.6. The molecule has 4 heteroatoms. The van der Waals surface area contributed by atoms with Crippen LogP contribution in [-0.4, -0.2) is 4.89 Å². The minimum absolute atomic E-state index is 0.00902. The number of aryl methyl sites for hydroxylation is 1. The van der Waals surface area contributed by atoms with Crippen molar-refractivity contribution in [3.8, 4) is 16.9 Å². The Balaban J connectivity index is 2.34. The molecule has 0 aliphatic carbocycles. The van der Waals surface area contributed by atoms with Gasteiger partial charge in [0, 0.05) is 11.1 Å². The predicted molar refractivity (Wildman–Crippen MR) is 85.4 cm³/mol. The molecule has 1 aliphatic heterocycles. The van der Waals surface area contributed by atoms with Crippen LogP contribution in [0.25, 0.3) is 11.1 Å². The molecule has 21 heavy (non-hydrogen) atoms. The van der Waals surface area contributed by atoms with Gasteiger partial charge in [-0.1, -0.05) is 45.0 Å². The molecule has 1 N–H and O–H groups in total. The molecule has 1 aliphatic rings. The molecular formula is C17H19O3P. The van der Waals surface area contributed by atoms with Crippen LogP contribution in [0.15, 0.2) is 36.4 Å². The van der Waals surface area contributed by atoms with Gasteiger partial charge in [-0.15, -0.1) is 0 Å². The third-order valence-corrected chi connectivity index (χ3v) is 5.28. The van der Waals surface area contributed by atoms with Crippen LogP contribution in [0.4, 0.5) is 0 Å². The third-order valence-electron chi connectivity index (χ3n) is 3.85. The fourth-order valence-electron chi connectivity index (χ4n) is 2.65. The zero-order chi connectivity index (χ0) is 15.4. The summed E-state index contributed by atoms with van der Waals surface area (Å²) in [5, 5.41) is 0.378. The first kappa shape index (κ1) is 14.4. The van der Waals surface area contributed by atoms with Gasteiger partial charge in [-0.3, -0.25) is 0 Å². The van der Waals surface area contributed by atoms with Crippen LogP contribution < -0.4 is 9.83 Å². The molecule has 1 heterocycles. The number of benzene rings is 2. The predicted octanol–water partition coefficient (Wildman–Crippen LogP) is 4.16. The lowest BCUT2D eigenvalue weighted by molar-refractivity contribution is 0.391. The summed E-state index contributed by atoms with van der Waals surface area (Å²) in [6.45, 7) is 8.38. The zero-order valence-electron chi connectivity index (χ0n) is 12.7. The van der Waals surface area contributed by atoms with Gasteiger partial charge in [-0.05, 0) is 35.6 Å². The summed E-state index contributed by atoms with van der Waals surface area (Å²) in [7, 11) is -3.79. The monoisotopic (exact) mass is 302 g/mol. The normalized spacial score (nSPS) is 20.4. The van der Waals surface area contributed by atoms with E-state index in [0.29, 0.717) is 11.1 Å². The van der Waals surface area contributed by atoms with E-state index in [0.717, 1.165) is 16.7 Å². The summed E-state index contributed by atoms with van der Waals surface area (Å²) < 4.78 is 17.8. The number of rotatable bonds is 0. The van der Waals surface area contributed by atoms with E-state index in [1.807, 2.05) is 25.1 Å². The molecule has 2 aromatic rings. The molecule has 2 aromatic carbocycles. The van der Waals surface area contributed by atoms with Crippen molar-refractivity contribution in [1.82, 2.24) is 0 Å². The van der Waals surface area contributed by atoms with E-state index in [2.05, 4.69) is 26.8 Å². The molecule has 3 rings (SSSR count). The van der Waals surface area contributed by atoms with E-state index < -0.39 is 7.60 Å². The molecule has 0 saturated heterocycles. The van der Waals surface area contributed by atoms with Gasteiger partial charge in [0.05, 0.1) is 5.30 Å². The van der Waals surface area contributed by atoms with Crippen molar-refractivity contribution in [3.05, 3.63) is 47.5 Å². The molecule has 0 aromatic heterocycles. The lowest BCUT2D eigenvalue weighted by atomic mass is 9.84. The maximum Gasteiger partial charge on any atom is 0.408 e. The Morgan fingerprint density at radius 1 is 1.10 bits per heavy atom. The van der Waals surface area contributed by atoms with Crippen LogP contribution >= 0.6 is 7.60 Å². The molecule has 0 radical (unpaired) electrons. The fraction of sp³-hybridized carbons (Fsp3) is 0.294. The van der Waals surface area contributed by atoms with Gasteiger partial charge in [0.1, 0.15) is 5.75 Å². The molecule has 0 spiro atoms. The number of hydrogen-bond acceptors (Lipinski definition) is 2. The molecule has 0 bridgehead atoms. The highest BCUT2D eigenvalue weighted by Crippen LogP contribution is 2.53. The smallest absolute Gasteiger partial charge is 0.408 e. The van der Waals surface area contributed by atoms with Gasteiger partial charge in [0.2, 0.25) is 0 Å². The summed E-state index contributed by atoms with van der Waals surface area (Å²) in [4.78, 5) is 10.2. The summed E-state index contributed by atoms with van der Waals surface area (Å²) in [5.41, 5.74) is 3.78. The Morgan fingerprint density at radius 2 is 1.76 bits per heavy atom. The highest BCUT2D eigenvalue weighted by Gasteiger charge is 2.35. The van der Waals surface area contributed by atoms with Gasteiger partial charge >= 0.3 is 7.60 Å². The van der Waals surface area contributed by atoms with Crippen molar-refractivity contribution in [2.45, 2.75) is 33.1 Å². The summed E-state index contributed by atoms with van der Waals surface area (Å²) in [6, 6.07) is 11.3. The maximum absolute atomic E-state index is 12.4. The average Bonchev–Trinajstić information content (AvgIpc) is 2.39. The van der Waals surface area contributed by atoms with Crippen molar-refractivity contribution in [1.29, 1.82) is 0 Å². The van der Waals surface area contributed by atoms with Crippen LogP contribution in [0.5, 0.6) is 5.75 Å². The maximum atomic E-state index is 12.4. The summed E-state index contributed by atoms with van der Waals surface area (Å²) >= 11 is 0. The Bertz CT molecular complexity index is 772. The number of hydrogen-bond donors (Lipinski definition) is 1. The van der Waals surface area contributed by atoms with Crippen molar-refractivity contribution < 1.29 is 14.0 Å². The highest BCUT2D eigenvalue weighted by molar-refractivity contribution is 7.62. The van der Waals surface area contributed by atoms with E-state index in [-0.39, 0.29) is 5.41 Å². The second-order valence-electron chi connectivity index (χ2n) is 6.55. The van der Waals surface area contributed by atoms with Gasteiger partial charge in [0.15, 0.2) is 0 Å². The van der Waals surface area contributed by atoms with E-state index in [4.69, 9.17) is 4.52 Å². The van der Waals surface area contributed by atoms with Gasteiger partial charge in [-0.25, -0.2) is 4.57 Å². The Morgan fingerprint density at radius 3 is 2.43 bits per heavy atom. The van der Waals surface area contributed by atoms with E-state index >= 15 is 0 Å². The van der Waals surface area contributed by atoms with Crippen LogP contribution in [-0.2, 0) is 9.98 Å². The highest BCUT2D eigenvalue weighted by atomic mass is 31.2. The van der Waals surface area contributed by atoms with Gasteiger partial charge in [-0.2, -0.15) is 0 Å². The fourth-order valence-corrected chi connectivity index (χ4v) is 4.01. The first-order valence-corrected chi connectivity index (χ1v) is 8.55. The van der Waals surface area contributed by atoms with Crippen LogP contribution in [0.1, 0.15) is 31.9 Å². The molecule has 0 fully saturated rings. The minimum atomic E-state index is -3.79. The lowest BCUT2D eigenvalue weighted by Gasteiger charge is -2.28. The second kappa shape index (κ2) is 4.46. The third kappa shape index (κ3) is 2.31. The molecule has 110 valence electrons. The quantitative estimate of drug-likeness (QED) is 0.743. The molecule has 1 unspecified atom stereocenters. The summed E-state index contributed by atoms with van der Waals surface area (Å²) in [5.74, 6) is 0.521. The van der Waals surface area contributed by atoms with Crippen LogP contribution in [0.2, 0.25) is 0 Å². The van der Waals surface area contributed by atoms with Gasteiger partial charge in [0.25, 0.3) is 0 Å². The average molecular weight is 302 g/mol. The first-order valence-electron chi connectivity index (χ1n) is 6.97. The standard InChI is InChI=1S/C17H19O3P/c1-11-9-12(17(2,3)4)10-14-13-7-5-6-8-15(13)21(18,19)20-16(11)14/h5-10H,1-4H3,(H,18,19). The largest absolute Gasteiger partial charge is 0.420 e. The molecule has 0 amide bonds. The second-order valence-corrected chi connectivity index (χ2v) is 8.25. The number of fused-ring (bicyclic) bond motifs is 3. The van der Waals surface area contributed by atoms with Crippen molar-refractivity contribution >= 4 is 12.9 Å². The molecular weight excluding hydrogens is 283 g/mol. The van der Waals surface area contributed by atoms with Crippen molar-refractivity contribution in [3.63, 3.8) is 0 Å². The Labute approximate surface area is 125 Å². The van der Waals surface area contributed by atoms with E-state index in [1.165, 1.54) is 5.56 Å². The summed E-state index contributed by atoms with van der Waals surface area (Å²) in [6.07, 6.45) is 0. The van der Waals surface area contributed by atoms with Gasteiger partial charge < -0.3 is 9.42 Å². The van der Waals surface area contributed by atoms with Crippen molar-refractivity contribution in [2.24, 2.45) is 0 Å². The van der Waals surface area contributed by atoms with E-state index in [9.17, 15) is 9.46 Å². The van der Waals surface area contributed by atoms with Crippen LogP contribution in [0.3, 0.4) is 0 Å². The van der Waals surface area contributed by atoms with E-state index in [1.54, 1.807) is 12.1 Å². The molecule has 1 atom stereocenters. The molecule has 3 nitrogen and oxygen atoms in total. The lowest BCUT2D eigenvalue weighted by Crippen LogP contribution is -2.19. The van der Waals surface area contributed by atoms with Crippen molar-refractivity contribution in [2.75, 3.05) is 0 Å². The Hall–Kier alpha value is -1.57. The first-order chi connectivity index (χ1) is 9.70. The SMILES string of the molecule is Cc1cc(C(C)(C)C)cc2c1OP(=O)(O)c1ccccc1-2. The minimum Gasteiger partial charge on any atom is -0.420 e. The topological polar surface area (TPSA) is 46.5 Å². The Kier molecular flexibility index (Phi) is 3.05.